The molecular formula is C13H17N5O2. The van der Waals surface area contributed by atoms with Crippen LogP contribution in [0.5, 0.6) is 0 Å². The smallest absolute Gasteiger partial charge is 0.340 e. The van der Waals surface area contributed by atoms with Crippen LogP contribution in [0, 0.1) is 0 Å². The third-order valence-electron chi connectivity index (χ3n) is 3.00. The number of ether oxygens (including phenoxy) is 1. The quantitative estimate of drug-likeness (QED) is 0.646. The number of carbonyl (C=O) groups is 1. The Morgan fingerprint density at radius 1 is 1.50 bits per heavy atom. The van der Waals surface area contributed by atoms with E-state index < -0.39 is 5.97 Å². The van der Waals surface area contributed by atoms with Crippen LogP contribution in [0.15, 0.2) is 24.5 Å². The van der Waals surface area contributed by atoms with Crippen molar-refractivity contribution in [3.8, 4) is 0 Å². The highest BCUT2D eigenvalue weighted by molar-refractivity contribution is 5.98. The van der Waals surface area contributed by atoms with Gasteiger partial charge in [0, 0.05) is 7.05 Å². The third kappa shape index (κ3) is 2.56. The predicted molar refractivity (Wildman–Crippen MR) is 75.2 cm³/mol. The Kier molecular flexibility index (Phi) is 3.88. The lowest BCUT2D eigenvalue weighted by Crippen LogP contribution is -2.16. The largest absolute Gasteiger partial charge is 0.465 e. The van der Waals surface area contributed by atoms with Gasteiger partial charge in [-0.3, -0.25) is 0 Å². The number of nitrogens with zero attached hydrogens (tertiary/aromatic N) is 3. The van der Waals surface area contributed by atoms with Crippen LogP contribution in [-0.2, 0) is 11.8 Å². The average Bonchev–Trinajstić information content (AvgIpc) is 2.86. The van der Waals surface area contributed by atoms with Gasteiger partial charge in [-0.1, -0.05) is 6.07 Å². The summed E-state index contributed by atoms with van der Waals surface area (Å²) < 4.78 is 6.56. The zero-order chi connectivity index (χ0) is 14.7. The molecule has 0 aliphatic rings. The van der Waals surface area contributed by atoms with Crippen molar-refractivity contribution in [1.82, 2.24) is 14.8 Å². The van der Waals surface area contributed by atoms with E-state index in [2.05, 4.69) is 15.5 Å². The van der Waals surface area contributed by atoms with E-state index in [-0.39, 0.29) is 6.04 Å². The number of aryl methyl sites for hydroxylation is 1. The number of hydrogen-bond acceptors (Lipinski definition) is 6. The van der Waals surface area contributed by atoms with Gasteiger partial charge in [-0.15, -0.1) is 10.2 Å². The molecule has 2 rings (SSSR count). The molecule has 0 aliphatic carbocycles. The number of nitrogens with two attached hydrogens (primary N) is 1. The SMILES string of the molecule is COC(=O)c1cccc(N)c1NC(C)c1nncn1C. The maximum atomic E-state index is 11.8. The Hall–Kier alpha value is -2.57. The summed E-state index contributed by atoms with van der Waals surface area (Å²) in [4.78, 5) is 11.8. The Balaban J connectivity index is 2.33. The van der Waals surface area contributed by atoms with E-state index in [1.54, 1.807) is 29.1 Å². The molecule has 0 radical (unpaired) electrons. The number of esters is 1. The minimum absolute atomic E-state index is 0.157. The highest BCUT2D eigenvalue weighted by atomic mass is 16.5. The summed E-state index contributed by atoms with van der Waals surface area (Å²) in [5.41, 5.74) is 7.34. The maximum Gasteiger partial charge on any atom is 0.340 e. The molecule has 0 saturated heterocycles. The first kappa shape index (κ1) is 13.9. The van der Waals surface area contributed by atoms with Gasteiger partial charge in [0.05, 0.1) is 30.1 Å². The number of aromatic nitrogens is 3. The highest BCUT2D eigenvalue weighted by Gasteiger charge is 2.18. The van der Waals surface area contributed by atoms with Gasteiger partial charge in [0.1, 0.15) is 6.33 Å². The zero-order valence-corrected chi connectivity index (χ0v) is 11.6. The van der Waals surface area contributed by atoms with Crippen LogP contribution in [-0.4, -0.2) is 27.8 Å². The van der Waals surface area contributed by atoms with E-state index in [1.807, 2.05) is 14.0 Å². The van der Waals surface area contributed by atoms with Crippen molar-refractivity contribution in [3.63, 3.8) is 0 Å². The first-order chi connectivity index (χ1) is 9.54. The number of hydrogen-bond donors (Lipinski definition) is 2. The third-order valence-corrected chi connectivity index (χ3v) is 3.00. The first-order valence-corrected chi connectivity index (χ1v) is 6.11. The van der Waals surface area contributed by atoms with E-state index >= 15 is 0 Å². The predicted octanol–water partition coefficient (Wildman–Crippen LogP) is 1.36. The lowest BCUT2D eigenvalue weighted by atomic mass is 10.1. The number of nitrogen functional groups attached to an aromatic ring is 1. The molecule has 7 heteroatoms. The number of rotatable bonds is 4. The number of nitrogens with one attached hydrogen (secondary N) is 1. The van der Waals surface area contributed by atoms with Gasteiger partial charge in [-0.25, -0.2) is 4.79 Å². The van der Waals surface area contributed by atoms with Crippen LogP contribution in [0.4, 0.5) is 11.4 Å². The van der Waals surface area contributed by atoms with Gasteiger partial charge in [0.15, 0.2) is 5.82 Å². The van der Waals surface area contributed by atoms with E-state index in [9.17, 15) is 4.79 Å². The van der Waals surface area contributed by atoms with Crippen LogP contribution in [0.1, 0.15) is 29.1 Å². The van der Waals surface area contributed by atoms with Gasteiger partial charge in [0.2, 0.25) is 0 Å². The lowest BCUT2D eigenvalue weighted by Gasteiger charge is -2.18. The molecule has 106 valence electrons. The van der Waals surface area contributed by atoms with E-state index in [0.29, 0.717) is 16.9 Å². The van der Waals surface area contributed by atoms with E-state index in [4.69, 9.17) is 10.5 Å². The number of para-hydroxylation sites is 1. The molecule has 2 aromatic rings. The maximum absolute atomic E-state index is 11.8. The molecule has 1 heterocycles. The van der Waals surface area contributed by atoms with Crippen LogP contribution in [0.25, 0.3) is 0 Å². The summed E-state index contributed by atoms with van der Waals surface area (Å²) in [5, 5.41) is 11.0. The standard InChI is InChI=1S/C13H17N5O2/c1-8(12-17-15-7-18(12)2)16-11-9(13(19)20-3)5-4-6-10(11)14/h4-8,16H,14H2,1-3H3. The molecule has 0 fully saturated rings. The number of carbonyl (C=O) groups excluding carboxylic acids is 1. The van der Waals surface area contributed by atoms with Crippen LogP contribution >= 0.6 is 0 Å². The van der Waals surface area contributed by atoms with E-state index in [1.165, 1.54) is 7.11 Å². The Labute approximate surface area is 116 Å². The van der Waals surface area contributed by atoms with Gasteiger partial charge in [-0.2, -0.15) is 0 Å². The van der Waals surface area contributed by atoms with Crippen LogP contribution in [0.3, 0.4) is 0 Å². The minimum atomic E-state index is -0.440. The molecular weight excluding hydrogens is 258 g/mol. The number of methoxy groups -OCH3 is 1. The summed E-state index contributed by atoms with van der Waals surface area (Å²) in [6.07, 6.45) is 1.61. The molecule has 7 nitrogen and oxygen atoms in total. The Bertz CT molecular complexity index is 623. The molecule has 3 N–H and O–H groups in total. The molecule has 1 aromatic heterocycles. The number of benzene rings is 1. The monoisotopic (exact) mass is 275 g/mol. The summed E-state index contributed by atoms with van der Waals surface area (Å²) in [6.45, 7) is 1.91. The molecule has 0 bridgehead atoms. The van der Waals surface area contributed by atoms with Crippen molar-refractivity contribution in [3.05, 3.63) is 35.9 Å². The molecule has 1 aromatic carbocycles. The van der Waals surface area contributed by atoms with Crippen molar-refractivity contribution in [2.24, 2.45) is 7.05 Å². The molecule has 1 unspecified atom stereocenters. The van der Waals surface area contributed by atoms with Crippen molar-refractivity contribution < 1.29 is 9.53 Å². The Morgan fingerprint density at radius 2 is 2.25 bits per heavy atom. The fourth-order valence-corrected chi connectivity index (χ4v) is 1.98. The summed E-state index contributed by atoms with van der Waals surface area (Å²) >= 11 is 0. The molecule has 0 amide bonds. The van der Waals surface area contributed by atoms with Gasteiger partial charge in [-0.05, 0) is 19.1 Å². The molecule has 0 spiro atoms. The minimum Gasteiger partial charge on any atom is -0.465 e. The van der Waals surface area contributed by atoms with Gasteiger partial charge >= 0.3 is 5.97 Å². The van der Waals surface area contributed by atoms with Gasteiger partial charge < -0.3 is 20.4 Å². The van der Waals surface area contributed by atoms with E-state index in [0.717, 1.165) is 5.82 Å². The average molecular weight is 275 g/mol. The fraction of sp³-hybridized carbons (Fsp3) is 0.308. The van der Waals surface area contributed by atoms with Crippen LogP contribution < -0.4 is 11.1 Å². The summed E-state index contributed by atoms with van der Waals surface area (Å²) in [6, 6.07) is 4.93. The van der Waals surface area contributed by atoms with Gasteiger partial charge in [0.25, 0.3) is 0 Å². The molecule has 20 heavy (non-hydrogen) atoms. The highest BCUT2D eigenvalue weighted by Crippen LogP contribution is 2.27. The zero-order valence-electron chi connectivity index (χ0n) is 11.6. The van der Waals surface area contributed by atoms with Crippen LogP contribution in [0.2, 0.25) is 0 Å². The summed E-state index contributed by atoms with van der Waals surface area (Å²) in [7, 11) is 3.19. The molecule has 0 saturated carbocycles. The van der Waals surface area contributed by atoms with Crippen molar-refractivity contribution >= 4 is 17.3 Å². The molecule has 1 atom stereocenters. The summed E-state index contributed by atoms with van der Waals surface area (Å²) in [5.74, 6) is 0.300. The number of anilines is 2. The Morgan fingerprint density at radius 3 is 2.85 bits per heavy atom. The second-order valence-corrected chi connectivity index (χ2v) is 4.43. The second kappa shape index (κ2) is 5.60. The molecule has 0 aliphatic heterocycles. The first-order valence-electron chi connectivity index (χ1n) is 6.11. The normalized spacial score (nSPS) is 11.9. The van der Waals surface area contributed by atoms with Crippen molar-refractivity contribution in [2.45, 2.75) is 13.0 Å². The topological polar surface area (TPSA) is 95.1 Å². The lowest BCUT2D eigenvalue weighted by molar-refractivity contribution is 0.0602. The van der Waals surface area contributed by atoms with Crippen molar-refractivity contribution in [1.29, 1.82) is 0 Å². The fourth-order valence-electron chi connectivity index (χ4n) is 1.98. The van der Waals surface area contributed by atoms with Crippen molar-refractivity contribution in [2.75, 3.05) is 18.2 Å². The second-order valence-electron chi connectivity index (χ2n) is 4.43.